The monoisotopic (exact) mass is 306 g/mol. The van der Waals surface area contributed by atoms with Gasteiger partial charge in [-0.25, -0.2) is 0 Å². The molecule has 0 radical (unpaired) electrons. The lowest BCUT2D eigenvalue weighted by Gasteiger charge is -2.28. The van der Waals surface area contributed by atoms with E-state index in [0.717, 1.165) is 25.7 Å². The van der Waals surface area contributed by atoms with Crippen LogP contribution >= 0.6 is 0 Å². The maximum absolute atomic E-state index is 9.03. The van der Waals surface area contributed by atoms with E-state index >= 15 is 0 Å². The van der Waals surface area contributed by atoms with E-state index in [1.165, 1.54) is 16.7 Å². The number of allylic oxidation sites excluding steroid dienone is 5. The van der Waals surface area contributed by atoms with Crippen LogP contribution in [0.2, 0.25) is 0 Å². The van der Waals surface area contributed by atoms with E-state index in [0.29, 0.717) is 0 Å². The van der Waals surface area contributed by atoms with Crippen molar-refractivity contribution in [2.24, 2.45) is 10.8 Å². The summed E-state index contributed by atoms with van der Waals surface area (Å²) in [6, 6.07) is 0. The Balaban J connectivity index is 4.84. The van der Waals surface area contributed by atoms with Gasteiger partial charge in [0.2, 0.25) is 0 Å². The first-order chi connectivity index (χ1) is 10.0. The molecule has 0 aromatic carbocycles. The molecule has 0 rings (SSSR count). The number of hydrogen-bond donors (Lipinski definition) is 1. The largest absolute Gasteiger partial charge is 0.392 e. The first kappa shape index (κ1) is 21.2. The second-order valence-electron chi connectivity index (χ2n) is 8.22. The van der Waals surface area contributed by atoms with Gasteiger partial charge in [0.15, 0.2) is 0 Å². The number of hydrogen-bond acceptors (Lipinski definition) is 1. The van der Waals surface area contributed by atoms with Crippen LogP contribution < -0.4 is 0 Å². The van der Waals surface area contributed by atoms with Crippen molar-refractivity contribution in [1.29, 1.82) is 0 Å². The van der Waals surface area contributed by atoms with Crippen LogP contribution in [-0.2, 0) is 0 Å². The molecule has 0 bridgehead atoms. The molecule has 1 nitrogen and oxygen atoms in total. The molecule has 0 heterocycles. The van der Waals surface area contributed by atoms with Gasteiger partial charge in [-0.1, -0.05) is 69.1 Å². The number of rotatable bonds is 9. The van der Waals surface area contributed by atoms with E-state index in [-0.39, 0.29) is 17.4 Å². The Morgan fingerprint density at radius 2 is 1.45 bits per heavy atom. The van der Waals surface area contributed by atoms with Gasteiger partial charge in [0, 0.05) is 0 Å². The summed E-state index contributed by atoms with van der Waals surface area (Å²) in [5.41, 5.74) is 4.68. The summed E-state index contributed by atoms with van der Waals surface area (Å²) >= 11 is 0. The Hall–Kier alpha value is -0.820. The molecule has 0 saturated heterocycles. The molecule has 128 valence electrons. The Labute approximate surface area is 139 Å². The lowest BCUT2D eigenvalue weighted by molar-refractivity contribution is 0.305. The van der Waals surface area contributed by atoms with E-state index in [4.69, 9.17) is 5.11 Å². The molecule has 1 atom stereocenters. The fourth-order valence-electron chi connectivity index (χ4n) is 3.29. The van der Waals surface area contributed by atoms with Crippen molar-refractivity contribution < 1.29 is 5.11 Å². The minimum atomic E-state index is 0.150. The summed E-state index contributed by atoms with van der Waals surface area (Å²) in [5, 5.41) is 9.03. The van der Waals surface area contributed by atoms with Crippen LogP contribution in [-0.4, -0.2) is 11.7 Å². The SMILES string of the molecule is CCC(C)(CC=C(C)CC(C)(C)C=C(C)C)CC(C)=CCO. The molecule has 0 aliphatic heterocycles. The van der Waals surface area contributed by atoms with Crippen molar-refractivity contribution >= 4 is 0 Å². The molecule has 22 heavy (non-hydrogen) atoms. The molecule has 0 aliphatic rings. The van der Waals surface area contributed by atoms with E-state index in [9.17, 15) is 0 Å². The molecule has 0 fully saturated rings. The lowest BCUT2D eigenvalue weighted by atomic mass is 9.77. The average Bonchev–Trinajstić information content (AvgIpc) is 2.34. The van der Waals surface area contributed by atoms with Crippen molar-refractivity contribution in [2.75, 3.05) is 6.61 Å². The zero-order valence-electron chi connectivity index (χ0n) is 16.2. The minimum absolute atomic E-state index is 0.150. The quantitative estimate of drug-likeness (QED) is 0.485. The highest BCUT2D eigenvalue weighted by atomic mass is 16.2. The number of aliphatic hydroxyl groups excluding tert-OH is 1. The molecule has 0 aromatic rings. The molecule has 0 amide bonds. The lowest BCUT2D eigenvalue weighted by Crippen LogP contribution is -2.15. The minimum Gasteiger partial charge on any atom is -0.392 e. The summed E-state index contributed by atoms with van der Waals surface area (Å²) in [4.78, 5) is 0. The third-order valence-corrected chi connectivity index (χ3v) is 4.36. The summed E-state index contributed by atoms with van der Waals surface area (Å²) < 4.78 is 0. The zero-order chi connectivity index (χ0) is 17.4. The second-order valence-corrected chi connectivity index (χ2v) is 8.22. The molecule has 1 heteroatoms. The van der Waals surface area contributed by atoms with Crippen molar-refractivity contribution in [2.45, 2.75) is 81.1 Å². The van der Waals surface area contributed by atoms with Crippen LogP contribution in [0.4, 0.5) is 0 Å². The third-order valence-electron chi connectivity index (χ3n) is 4.36. The highest BCUT2D eigenvalue weighted by molar-refractivity contribution is 5.11. The van der Waals surface area contributed by atoms with Crippen LogP contribution in [0.15, 0.2) is 34.9 Å². The van der Waals surface area contributed by atoms with E-state index in [1.807, 2.05) is 6.08 Å². The summed E-state index contributed by atoms with van der Waals surface area (Å²) in [7, 11) is 0. The Morgan fingerprint density at radius 3 is 1.91 bits per heavy atom. The summed E-state index contributed by atoms with van der Waals surface area (Å²) in [5.74, 6) is 0. The zero-order valence-corrected chi connectivity index (χ0v) is 16.2. The van der Waals surface area contributed by atoms with Gasteiger partial charge < -0.3 is 5.11 Å². The maximum Gasteiger partial charge on any atom is 0.0614 e. The highest BCUT2D eigenvalue weighted by Crippen LogP contribution is 2.35. The van der Waals surface area contributed by atoms with Gasteiger partial charge in [-0.3, -0.25) is 0 Å². The molecule has 1 unspecified atom stereocenters. The van der Waals surface area contributed by atoms with Crippen molar-refractivity contribution in [3.8, 4) is 0 Å². The Morgan fingerprint density at radius 1 is 0.909 bits per heavy atom. The predicted octanol–water partition coefficient (Wildman–Crippen LogP) is 6.45. The second kappa shape index (κ2) is 9.35. The Bertz CT molecular complexity index is 419. The van der Waals surface area contributed by atoms with E-state index < -0.39 is 0 Å². The molecule has 0 saturated carbocycles. The standard InChI is InChI=1S/C21H38O/c1-9-21(8,16-19(5)11-13-22)12-10-18(4)15-20(6,7)14-17(2)3/h10-11,14,22H,9,12-13,15-16H2,1-8H3. The summed E-state index contributed by atoms with van der Waals surface area (Å²) in [6.07, 6.45) is 11.2. The molecular formula is C21H38O. The van der Waals surface area contributed by atoms with Crippen molar-refractivity contribution in [3.63, 3.8) is 0 Å². The van der Waals surface area contributed by atoms with Crippen LogP contribution in [0.5, 0.6) is 0 Å². The van der Waals surface area contributed by atoms with Crippen LogP contribution in [0, 0.1) is 10.8 Å². The predicted molar refractivity (Wildman–Crippen MR) is 100 cm³/mol. The molecule has 1 N–H and O–H groups in total. The fraction of sp³-hybridized carbons (Fsp3) is 0.714. The Kier molecular flexibility index (Phi) is 9.00. The smallest absolute Gasteiger partial charge is 0.0614 e. The van der Waals surface area contributed by atoms with Gasteiger partial charge >= 0.3 is 0 Å². The van der Waals surface area contributed by atoms with Crippen LogP contribution in [0.1, 0.15) is 81.1 Å². The van der Waals surface area contributed by atoms with Gasteiger partial charge in [0.05, 0.1) is 6.61 Å². The van der Waals surface area contributed by atoms with E-state index in [2.05, 4.69) is 67.5 Å². The van der Waals surface area contributed by atoms with Gasteiger partial charge in [0.1, 0.15) is 0 Å². The highest BCUT2D eigenvalue weighted by Gasteiger charge is 2.22. The normalized spacial score (nSPS) is 16.4. The fourth-order valence-corrected chi connectivity index (χ4v) is 3.29. The maximum atomic E-state index is 9.03. The first-order valence-corrected chi connectivity index (χ1v) is 8.62. The number of aliphatic hydroxyl groups is 1. The van der Waals surface area contributed by atoms with Crippen LogP contribution in [0.3, 0.4) is 0 Å². The molecule has 0 aliphatic carbocycles. The van der Waals surface area contributed by atoms with Gasteiger partial charge in [-0.15, -0.1) is 0 Å². The van der Waals surface area contributed by atoms with Gasteiger partial charge in [-0.05, 0) is 57.8 Å². The van der Waals surface area contributed by atoms with Crippen molar-refractivity contribution in [1.82, 2.24) is 0 Å². The summed E-state index contributed by atoms with van der Waals surface area (Å²) in [6.45, 7) is 18.1. The average molecular weight is 307 g/mol. The van der Waals surface area contributed by atoms with Gasteiger partial charge in [-0.2, -0.15) is 0 Å². The van der Waals surface area contributed by atoms with Crippen LogP contribution in [0.25, 0.3) is 0 Å². The first-order valence-electron chi connectivity index (χ1n) is 8.62. The molecular weight excluding hydrogens is 268 g/mol. The topological polar surface area (TPSA) is 20.2 Å². The molecule has 0 spiro atoms. The van der Waals surface area contributed by atoms with Gasteiger partial charge in [0.25, 0.3) is 0 Å². The molecule has 0 aromatic heterocycles. The van der Waals surface area contributed by atoms with E-state index in [1.54, 1.807) is 0 Å². The van der Waals surface area contributed by atoms with Crippen molar-refractivity contribution in [3.05, 3.63) is 34.9 Å². The third kappa shape index (κ3) is 9.25.